The minimum Gasteiger partial charge on any atom is -0.391 e. The summed E-state index contributed by atoms with van der Waals surface area (Å²) in [6.45, 7) is 0.886. The van der Waals surface area contributed by atoms with E-state index in [0.717, 1.165) is 0 Å². The normalized spacial score (nSPS) is 12.8. The minimum atomic E-state index is -0.494. The number of nitrogens with zero attached hydrogens (tertiary/aromatic N) is 4. The number of hydrogen-bond acceptors (Lipinski definition) is 6. The molecule has 0 fully saturated rings. The number of halogens is 1. The molecule has 0 spiro atoms. The number of rotatable bonds is 6. The lowest BCUT2D eigenvalue weighted by Crippen LogP contribution is -2.19. The van der Waals surface area contributed by atoms with Gasteiger partial charge in [-0.3, -0.25) is 0 Å². The first-order chi connectivity index (χ1) is 8.70. The van der Waals surface area contributed by atoms with E-state index in [-0.39, 0.29) is 0 Å². The molecule has 0 aliphatic heterocycles. The second-order valence-corrected chi connectivity index (χ2v) is 4.15. The topological polar surface area (TPSA) is 84.6 Å². The lowest BCUT2D eigenvalue weighted by molar-refractivity contribution is 0.0615. The number of hydrogen-bond donors (Lipinski definition) is 2. The fraction of sp³-hybridized carbons (Fsp3) is 0.500. The van der Waals surface area contributed by atoms with Crippen molar-refractivity contribution < 1.29 is 9.84 Å². The predicted molar refractivity (Wildman–Crippen MR) is 66.8 cm³/mol. The fourth-order valence-electron chi connectivity index (χ4n) is 1.55. The molecule has 0 amide bonds. The highest BCUT2D eigenvalue weighted by atomic mass is 35.5. The molecular formula is C10H14ClN5O2. The molecule has 7 nitrogen and oxygen atoms in total. The Kier molecular flexibility index (Phi) is 4.29. The van der Waals surface area contributed by atoms with Gasteiger partial charge in [0.2, 0.25) is 0 Å². The average Bonchev–Trinajstić information content (AvgIpc) is 2.77. The van der Waals surface area contributed by atoms with Gasteiger partial charge in [-0.2, -0.15) is 19.6 Å². The Morgan fingerprint density at radius 2 is 2.44 bits per heavy atom. The first kappa shape index (κ1) is 13.0. The number of ether oxygens (including phenoxy) is 1. The number of aromatic nitrogens is 4. The van der Waals surface area contributed by atoms with Crippen LogP contribution in [0.1, 0.15) is 6.42 Å². The Hall–Kier alpha value is -1.44. The Labute approximate surface area is 109 Å². The maximum atomic E-state index is 9.52. The largest absolute Gasteiger partial charge is 0.391 e. The molecule has 18 heavy (non-hydrogen) atoms. The van der Waals surface area contributed by atoms with Crippen molar-refractivity contribution in [3.63, 3.8) is 0 Å². The van der Waals surface area contributed by atoms with E-state index in [0.29, 0.717) is 36.3 Å². The number of fused-ring (bicyclic) bond motifs is 1. The second-order valence-electron chi connectivity index (χ2n) is 3.76. The van der Waals surface area contributed by atoms with Crippen LogP contribution in [0, 0.1) is 0 Å². The Morgan fingerprint density at radius 1 is 1.61 bits per heavy atom. The Balaban J connectivity index is 2.00. The fourth-order valence-corrected chi connectivity index (χ4v) is 1.73. The second kappa shape index (κ2) is 5.94. The van der Waals surface area contributed by atoms with Gasteiger partial charge < -0.3 is 15.2 Å². The number of aliphatic hydroxyl groups is 1. The van der Waals surface area contributed by atoms with Crippen molar-refractivity contribution in [2.75, 3.05) is 25.6 Å². The van der Waals surface area contributed by atoms with Gasteiger partial charge in [0.25, 0.3) is 5.78 Å². The van der Waals surface area contributed by atoms with Crippen LogP contribution in [0.5, 0.6) is 0 Å². The minimum absolute atomic E-state index is 0.317. The van der Waals surface area contributed by atoms with E-state index in [1.54, 1.807) is 17.7 Å². The number of methoxy groups -OCH3 is 1. The average molecular weight is 272 g/mol. The SMILES string of the molecule is COCC(O)CCNc1cc(Cl)nc2ncnn12. The van der Waals surface area contributed by atoms with Crippen LogP contribution in [0.3, 0.4) is 0 Å². The van der Waals surface area contributed by atoms with Crippen LogP contribution < -0.4 is 5.32 Å². The van der Waals surface area contributed by atoms with Crippen molar-refractivity contribution in [3.05, 3.63) is 17.5 Å². The molecule has 2 rings (SSSR count). The molecule has 2 heterocycles. The Bertz CT molecular complexity index is 518. The van der Waals surface area contributed by atoms with E-state index >= 15 is 0 Å². The summed E-state index contributed by atoms with van der Waals surface area (Å²) >= 11 is 5.87. The molecule has 98 valence electrons. The number of nitrogens with one attached hydrogen (secondary N) is 1. The molecule has 0 radical (unpaired) electrons. The van der Waals surface area contributed by atoms with Gasteiger partial charge >= 0.3 is 0 Å². The molecule has 0 aromatic carbocycles. The number of aliphatic hydroxyl groups excluding tert-OH is 1. The zero-order valence-corrected chi connectivity index (χ0v) is 10.6. The van der Waals surface area contributed by atoms with Crippen molar-refractivity contribution in [1.82, 2.24) is 19.6 Å². The van der Waals surface area contributed by atoms with Crippen LogP contribution in [0.4, 0.5) is 5.82 Å². The summed E-state index contributed by atoms with van der Waals surface area (Å²) in [5.41, 5.74) is 0. The zero-order chi connectivity index (χ0) is 13.0. The maximum absolute atomic E-state index is 9.52. The molecule has 2 aromatic heterocycles. The van der Waals surface area contributed by atoms with Crippen molar-refractivity contribution in [1.29, 1.82) is 0 Å². The van der Waals surface area contributed by atoms with Crippen molar-refractivity contribution in [3.8, 4) is 0 Å². The monoisotopic (exact) mass is 271 g/mol. The van der Waals surface area contributed by atoms with E-state index in [2.05, 4.69) is 20.4 Å². The van der Waals surface area contributed by atoms with Crippen molar-refractivity contribution >= 4 is 23.2 Å². The van der Waals surface area contributed by atoms with E-state index in [1.165, 1.54) is 6.33 Å². The van der Waals surface area contributed by atoms with Gasteiger partial charge in [-0.15, -0.1) is 0 Å². The van der Waals surface area contributed by atoms with Crippen LogP contribution in [0.25, 0.3) is 5.78 Å². The molecule has 2 N–H and O–H groups in total. The number of anilines is 1. The highest BCUT2D eigenvalue weighted by Gasteiger charge is 2.07. The molecule has 0 saturated carbocycles. The van der Waals surface area contributed by atoms with Crippen LogP contribution in [0.2, 0.25) is 5.15 Å². The summed E-state index contributed by atoms with van der Waals surface area (Å²) in [6, 6.07) is 1.66. The molecule has 1 atom stereocenters. The standard InChI is InChI=1S/C10H14ClN5O2/c1-18-5-7(17)2-3-12-9-4-8(11)15-10-13-6-14-16(9)10/h4,6-7,12,17H,2-3,5H2,1H3. The third-order valence-corrected chi connectivity index (χ3v) is 2.56. The van der Waals surface area contributed by atoms with Gasteiger partial charge in [-0.05, 0) is 6.42 Å². The molecule has 2 aromatic rings. The van der Waals surface area contributed by atoms with Crippen LogP contribution in [-0.4, -0.2) is 51.1 Å². The van der Waals surface area contributed by atoms with Crippen molar-refractivity contribution in [2.45, 2.75) is 12.5 Å². The summed E-state index contributed by atoms with van der Waals surface area (Å²) in [5.74, 6) is 1.12. The molecule has 0 saturated heterocycles. The van der Waals surface area contributed by atoms with Gasteiger partial charge in [0.1, 0.15) is 17.3 Å². The van der Waals surface area contributed by atoms with Gasteiger partial charge in [0, 0.05) is 19.7 Å². The van der Waals surface area contributed by atoms with E-state index in [9.17, 15) is 5.11 Å². The quantitative estimate of drug-likeness (QED) is 0.748. The molecule has 0 bridgehead atoms. The summed E-state index contributed by atoms with van der Waals surface area (Å²) in [5, 5.41) is 17.0. The first-order valence-electron chi connectivity index (χ1n) is 5.48. The smallest absolute Gasteiger partial charge is 0.255 e. The highest BCUT2D eigenvalue weighted by molar-refractivity contribution is 6.29. The van der Waals surface area contributed by atoms with Crippen LogP contribution in [-0.2, 0) is 4.74 Å². The summed E-state index contributed by atoms with van der Waals surface area (Å²) in [6.07, 6.45) is 1.47. The van der Waals surface area contributed by atoms with E-state index < -0.39 is 6.10 Å². The zero-order valence-electron chi connectivity index (χ0n) is 9.88. The molecular weight excluding hydrogens is 258 g/mol. The van der Waals surface area contributed by atoms with Crippen LogP contribution in [0.15, 0.2) is 12.4 Å². The van der Waals surface area contributed by atoms with Crippen LogP contribution >= 0.6 is 11.6 Å². The molecule has 0 aliphatic carbocycles. The lowest BCUT2D eigenvalue weighted by Gasteiger charge is -2.11. The maximum Gasteiger partial charge on any atom is 0.255 e. The summed E-state index contributed by atoms with van der Waals surface area (Å²) in [4.78, 5) is 7.97. The van der Waals surface area contributed by atoms with Gasteiger partial charge in [-0.25, -0.2) is 0 Å². The van der Waals surface area contributed by atoms with E-state index in [1.807, 2.05) is 0 Å². The van der Waals surface area contributed by atoms with Gasteiger partial charge in [0.05, 0.1) is 12.7 Å². The van der Waals surface area contributed by atoms with Gasteiger partial charge in [0.15, 0.2) is 0 Å². The Morgan fingerprint density at radius 3 is 3.22 bits per heavy atom. The third-order valence-electron chi connectivity index (χ3n) is 2.36. The van der Waals surface area contributed by atoms with Gasteiger partial charge in [-0.1, -0.05) is 11.6 Å². The highest BCUT2D eigenvalue weighted by Crippen LogP contribution is 2.14. The third kappa shape index (κ3) is 3.06. The summed E-state index contributed by atoms with van der Waals surface area (Å²) in [7, 11) is 1.55. The molecule has 1 unspecified atom stereocenters. The predicted octanol–water partition coefficient (Wildman–Crippen LogP) is 0.587. The summed E-state index contributed by atoms with van der Waals surface area (Å²) < 4.78 is 6.40. The molecule has 8 heteroatoms. The first-order valence-corrected chi connectivity index (χ1v) is 5.85. The van der Waals surface area contributed by atoms with Crippen molar-refractivity contribution in [2.24, 2.45) is 0 Å². The molecule has 0 aliphatic rings. The van der Waals surface area contributed by atoms with E-state index in [4.69, 9.17) is 16.3 Å². The lowest BCUT2D eigenvalue weighted by atomic mass is 10.2.